The Morgan fingerprint density at radius 1 is 1.06 bits per heavy atom. The molecule has 0 unspecified atom stereocenters. The Morgan fingerprint density at radius 3 is 2.51 bits per heavy atom. The van der Waals surface area contributed by atoms with Gasteiger partial charge in [0.05, 0.1) is 18.6 Å². The van der Waals surface area contributed by atoms with Crippen LogP contribution in [-0.4, -0.2) is 57.8 Å². The van der Waals surface area contributed by atoms with Crippen molar-refractivity contribution >= 4 is 12.1 Å². The molecule has 35 heavy (non-hydrogen) atoms. The van der Waals surface area contributed by atoms with Gasteiger partial charge in [-0.05, 0) is 69.7 Å². The molecule has 0 N–H and O–H groups in total. The molecule has 0 radical (unpaired) electrons. The Labute approximate surface area is 206 Å². The fourth-order valence-electron chi connectivity index (χ4n) is 5.05. The number of aryl methyl sites for hydroxylation is 1. The molecule has 4 rings (SSSR count). The summed E-state index contributed by atoms with van der Waals surface area (Å²) in [6.45, 7) is 2.34. The molecule has 2 atom stereocenters. The van der Waals surface area contributed by atoms with Crippen molar-refractivity contribution in [3.63, 3.8) is 0 Å². The minimum absolute atomic E-state index is 0.00708. The van der Waals surface area contributed by atoms with Crippen LogP contribution in [0.3, 0.4) is 0 Å². The molecule has 1 aromatic carbocycles. The molecule has 0 aliphatic heterocycles. The first-order valence-corrected chi connectivity index (χ1v) is 12.7. The van der Waals surface area contributed by atoms with Gasteiger partial charge in [-0.15, -0.1) is 5.10 Å². The maximum Gasteiger partial charge on any atom is 0.410 e. The molecule has 2 aliphatic carbocycles. The SMILES string of the molecule is CCOC(=O)[C@H]1CCC[C@H](Oc2ccc(-c3nnn(C)c3COC(=O)N(C)C3CCCC3)cc2)C1. The molecule has 2 aliphatic rings. The lowest BCUT2D eigenvalue weighted by Gasteiger charge is -2.28. The fraction of sp³-hybridized carbons (Fsp3) is 0.615. The Morgan fingerprint density at radius 2 is 1.80 bits per heavy atom. The zero-order chi connectivity index (χ0) is 24.8. The smallest absolute Gasteiger partial charge is 0.410 e. The highest BCUT2D eigenvalue weighted by Crippen LogP contribution is 2.30. The van der Waals surface area contributed by atoms with Crippen molar-refractivity contribution in [1.29, 1.82) is 0 Å². The number of amides is 1. The van der Waals surface area contributed by atoms with Crippen LogP contribution in [0.5, 0.6) is 5.75 Å². The van der Waals surface area contributed by atoms with E-state index in [0.29, 0.717) is 18.7 Å². The van der Waals surface area contributed by atoms with E-state index < -0.39 is 0 Å². The summed E-state index contributed by atoms with van der Waals surface area (Å²) >= 11 is 0. The van der Waals surface area contributed by atoms with E-state index in [9.17, 15) is 9.59 Å². The molecule has 0 saturated heterocycles. The van der Waals surface area contributed by atoms with Gasteiger partial charge in [0.15, 0.2) is 0 Å². The van der Waals surface area contributed by atoms with Crippen LogP contribution in [0.2, 0.25) is 0 Å². The van der Waals surface area contributed by atoms with Gasteiger partial charge in [0.2, 0.25) is 0 Å². The molecule has 1 heterocycles. The first kappa shape index (κ1) is 25.0. The number of hydrogen-bond acceptors (Lipinski definition) is 7. The van der Waals surface area contributed by atoms with E-state index in [1.165, 1.54) is 0 Å². The topological polar surface area (TPSA) is 95.8 Å². The summed E-state index contributed by atoms with van der Waals surface area (Å²) in [5, 5.41) is 8.43. The largest absolute Gasteiger partial charge is 0.490 e. The van der Waals surface area contributed by atoms with Crippen molar-refractivity contribution in [3.05, 3.63) is 30.0 Å². The Kier molecular flexibility index (Phi) is 8.25. The van der Waals surface area contributed by atoms with Gasteiger partial charge in [-0.2, -0.15) is 0 Å². The van der Waals surface area contributed by atoms with E-state index in [4.69, 9.17) is 14.2 Å². The van der Waals surface area contributed by atoms with Crippen LogP contribution < -0.4 is 4.74 Å². The highest BCUT2D eigenvalue weighted by atomic mass is 16.6. The average molecular weight is 485 g/mol. The summed E-state index contributed by atoms with van der Waals surface area (Å²) in [6, 6.07) is 7.93. The van der Waals surface area contributed by atoms with E-state index in [1.807, 2.05) is 31.2 Å². The zero-order valence-corrected chi connectivity index (χ0v) is 20.9. The number of carbonyl (C=O) groups is 2. The second-order valence-electron chi connectivity index (χ2n) is 9.49. The number of esters is 1. The molecule has 9 heteroatoms. The summed E-state index contributed by atoms with van der Waals surface area (Å²) in [7, 11) is 3.60. The highest BCUT2D eigenvalue weighted by Gasteiger charge is 2.29. The van der Waals surface area contributed by atoms with Crippen LogP contribution in [0.25, 0.3) is 11.3 Å². The lowest BCUT2D eigenvalue weighted by Crippen LogP contribution is -2.35. The summed E-state index contributed by atoms with van der Waals surface area (Å²) in [5.41, 5.74) is 2.28. The standard InChI is InChI=1S/C26H36N4O5/c1-4-33-25(31)19-8-7-11-22(16-19)35-21-14-12-18(13-15-21)24-23(30(3)28-27-24)17-34-26(32)29(2)20-9-5-6-10-20/h12-15,19-20,22H,4-11,16-17H2,1-3H3/t19-,22-/m0/s1. The van der Waals surface area contributed by atoms with E-state index in [1.54, 1.807) is 23.7 Å². The summed E-state index contributed by atoms with van der Waals surface area (Å²) in [4.78, 5) is 26.3. The lowest BCUT2D eigenvalue weighted by atomic mass is 9.87. The van der Waals surface area contributed by atoms with Crippen molar-refractivity contribution in [3.8, 4) is 17.0 Å². The predicted molar refractivity (Wildman–Crippen MR) is 130 cm³/mol. The van der Waals surface area contributed by atoms with Crippen LogP contribution >= 0.6 is 0 Å². The number of ether oxygens (including phenoxy) is 3. The number of nitrogens with zero attached hydrogens (tertiary/aromatic N) is 4. The molecule has 0 spiro atoms. The van der Waals surface area contributed by atoms with Gasteiger partial charge in [0.25, 0.3) is 0 Å². The Balaban J connectivity index is 1.36. The van der Waals surface area contributed by atoms with Crippen LogP contribution in [0.1, 0.15) is 64.0 Å². The average Bonchev–Trinajstić information content (AvgIpc) is 3.53. The highest BCUT2D eigenvalue weighted by molar-refractivity contribution is 5.72. The molecule has 2 fully saturated rings. The quantitative estimate of drug-likeness (QED) is 0.509. The Bertz CT molecular complexity index is 1000. The maximum absolute atomic E-state index is 12.5. The number of aromatic nitrogens is 3. The Hall–Kier alpha value is -3.10. The lowest BCUT2D eigenvalue weighted by molar-refractivity contribution is -0.150. The van der Waals surface area contributed by atoms with E-state index in [2.05, 4.69) is 10.3 Å². The fourth-order valence-corrected chi connectivity index (χ4v) is 5.05. The monoisotopic (exact) mass is 484 g/mol. The molecule has 0 bridgehead atoms. The minimum atomic E-state index is -0.318. The number of benzene rings is 1. The van der Waals surface area contributed by atoms with E-state index in [-0.39, 0.29) is 36.7 Å². The van der Waals surface area contributed by atoms with Crippen molar-refractivity contribution in [2.75, 3.05) is 13.7 Å². The van der Waals surface area contributed by atoms with Crippen molar-refractivity contribution < 1.29 is 23.8 Å². The van der Waals surface area contributed by atoms with Gasteiger partial charge < -0.3 is 19.1 Å². The molecule has 2 aromatic rings. The molecular formula is C26H36N4O5. The second-order valence-corrected chi connectivity index (χ2v) is 9.49. The van der Waals surface area contributed by atoms with Gasteiger partial charge in [-0.3, -0.25) is 4.79 Å². The predicted octanol–water partition coefficient (Wildman–Crippen LogP) is 4.49. The van der Waals surface area contributed by atoms with E-state index in [0.717, 1.165) is 62.0 Å². The minimum Gasteiger partial charge on any atom is -0.490 e. The molecule has 2 saturated carbocycles. The number of hydrogen-bond donors (Lipinski definition) is 0. The van der Waals surface area contributed by atoms with E-state index >= 15 is 0 Å². The summed E-state index contributed by atoms with van der Waals surface area (Å²) < 4.78 is 18.6. The number of rotatable bonds is 8. The van der Waals surface area contributed by atoms with Crippen LogP contribution in [-0.2, 0) is 27.9 Å². The molecule has 9 nitrogen and oxygen atoms in total. The van der Waals surface area contributed by atoms with Gasteiger partial charge in [-0.25, -0.2) is 9.48 Å². The maximum atomic E-state index is 12.5. The molecule has 1 aromatic heterocycles. The first-order chi connectivity index (χ1) is 17.0. The zero-order valence-electron chi connectivity index (χ0n) is 20.9. The summed E-state index contributed by atoms with van der Waals surface area (Å²) in [6.07, 6.45) is 7.45. The van der Waals surface area contributed by atoms with Crippen molar-refractivity contribution in [2.45, 2.75) is 77.0 Å². The molecule has 190 valence electrons. The number of carbonyl (C=O) groups excluding carboxylic acids is 2. The van der Waals surface area contributed by atoms with Crippen LogP contribution in [0, 0.1) is 5.92 Å². The van der Waals surface area contributed by atoms with Crippen LogP contribution in [0.4, 0.5) is 4.79 Å². The van der Waals surface area contributed by atoms with Crippen LogP contribution in [0.15, 0.2) is 24.3 Å². The normalized spacial score (nSPS) is 20.4. The third-order valence-corrected chi connectivity index (χ3v) is 7.11. The second kappa shape index (κ2) is 11.6. The molecular weight excluding hydrogens is 448 g/mol. The van der Waals surface area contributed by atoms with Gasteiger partial charge in [0.1, 0.15) is 23.7 Å². The first-order valence-electron chi connectivity index (χ1n) is 12.7. The van der Waals surface area contributed by atoms with Gasteiger partial charge in [0, 0.05) is 25.7 Å². The third kappa shape index (κ3) is 6.13. The van der Waals surface area contributed by atoms with Gasteiger partial charge >= 0.3 is 12.1 Å². The molecule has 1 amide bonds. The van der Waals surface area contributed by atoms with Crippen molar-refractivity contribution in [2.24, 2.45) is 13.0 Å². The summed E-state index contributed by atoms with van der Waals surface area (Å²) in [5.74, 6) is 0.533. The third-order valence-electron chi connectivity index (χ3n) is 7.11. The van der Waals surface area contributed by atoms with Crippen molar-refractivity contribution in [1.82, 2.24) is 19.9 Å². The van der Waals surface area contributed by atoms with Gasteiger partial charge in [-0.1, -0.05) is 18.1 Å².